The summed E-state index contributed by atoms with van der Waals surface area (Å²) in [4.78, 5) is 21.8. The Bertz CT molecular complexity index is 933. The number of rotatable bonds is 21. The van der Waals surface area contributed by atoms with Gasteiger partial charge in [-0.2, -0.15) is 0 Å². The van der Waals surface area contributed by atoms with Crippen LogP contribution >= 0.6 is 0 Å². The number of unbranched alkanes of at least 4 members (excludes halogenated alkanes) is 9. The molecule has 0 amide bonds. The van der Waals surface area contributed by atoms with Crippen LogP contribution in [-0.4, -0.2) is 16.1 Å². The predicted molar refractivity (Wildman–Crippen MR) is 150 cm³/mol. The summed E-state index contributed by atoms with van der Waals surface area (Å²) in [6, 6.07) is 12.9. The molecule has 0 aliphatic carbocycles. The smallest absolute Gasteiger partial charge is 0.274 e. The molecule has 0 fully saturated rings. The van der Waals surface area contributed by atoms with Gasteiger partial charge < -0.3 is 9.47 Å². The summed E-state index contributed by atoms with van der Waals surface area (Å²) in [5.41, 5.74) is 0.941. The molecule has 208 valence electrons. The lowest BCUT2D eigenvalue weighted by molar-refractivity contribution is -0.386. The normalized spacial score (nSPS) is 11.4. The summed E-state index contributed by atoms with van der Waals surface area (Å²) in [6.45, 7) is 2.28. The average Bonchev–Trinajstić information content (AvgIpc) is 2.92. The van der Waals surface area contributed by atoms with Gasteiger partial charge in [0, 0.05) is 12.1 Å². The first kappa shape index (κ1) is 31.1. The minimum atomic E-state index is -0.617. The van der Waals surface area contributed by atoms with Gasteiger partial charge in [-0.3, -0.25) is 20.2 Å². The zero-order chi connectivity index (χ0) is 27.4. The van der Waals surface area contributed by atoms with Crippen LogP contribution in [0.3, 0.4) is 0 Å². The molecular weight excluding hydrogens is 484 g/mol. The second-order valence-electron chi connectivity index (χ2n) is 9.49. The topological polar surface area (TPSA) is 105 Å². The van der Waals surface area contributed by atoms with E-state index in [9.17, 15) is 20.2 Å². The number of benzene rings is 2. The Morgan fingerprint density at radius 2 is 1.13 bits per heavy atom. The fourth-order valence-corrected chi connectivity index (χ4v) is 4.22. The molecule has 0 heterocycles. The lowest BCUT2D eigenvalue weighted by Gasteiger charge is -2.19. The molecule has 38 heavy (non-hydrogen) atoms. The van der Waals surface area contributed by atoms with E-state index in [0.29, 0.717) is 17.5 Å². The number of hydrogen-bond donors (Lipinski definition) is 0. The minimum absolute atomic E-state index is 0.00129. The predicted octanol–water partition coefficient (Wildman–Crippen LogP) is 8.82. The number of nitro benzene ring substituents is 2. The molecule has 0 saturated carbocycles. The lowest BCUT2D eigenvalue weighted by atomic mass is 10.1. The van der Waals surface area contributed by atoms with Crippen LogP contribution in [0, 0.1) is 20.2 Å². The van der Waals surface area contributed by atoms with Crippen molar-refractivity contribution < 1.29 is 19.3 Å². The van der Waals surface area contributed by atoms with E-state index in [0.717, 1.165) is 19.3 Å². The van der Waals surface area contributed by atoms with Crippen molar-refractivity contribution in [3.8, 4) is 0 Å². The molecule has 2 aromatic carbocycles. The van der Waals surface area contributed by atoms with Gasteiger partial charge in [-0.25, -0.2) is 0 Å². The maximum Gasteiger partial charge on any atom is 0.274 e. The molecule has 0 atom stereocenters. The Labute approximate surface area is 226 Å². The van der Waals surface area contributed by atoms with Gasteiger partial charge in [0.1, 0.15) is 0 Å². The quantitative estimate of drug-likeness (QED) is 0.0529. The Morgan fingerprint density at radius 1 is 0.684 bits per heavy atom. The van der Waals surface area contributed by atoms with Crippen molar-refractivity contribution in [1.82, 2.24) is 0 Å². The van der Waals surface area contributed by atoms with Crippen LogP contribution in [0.5, 0.6) is 0 Å². The first-order valence-corrected chi connectivity index (χ1v) is 13.9. The van der Waals surface area contributed by atoms with Crippen molar-refractivity contribution in [2.75, 3.05) is 0 Å². The fourth-order valence-electron chi connectivity index (χ4n) is 4.22. The van der Waals surface area contributed by atoms with Crippen LogP contribution < -0.4 is 0 Å². The largest absolute Gasteiger partial charge is 0.348 e. The summed E-state index contributed by atoms with van der Waals surface area (Å²) >= 11 is 0. The number of para-hydroxylation sites is 2. The maximum absolute atomic E-state index is 11.3. The molecule has 0 aliphatic heterocycles. The number of nitrogens with zero attached hydrogens (tertiary/aromatic N) is 2. The highest BCUT2D eigenvalue weighted by Crippen LogP contribution is 2.23. The minimum Gasteiger partial charge on any atom is -0.348 e. The second-order valence-corrected chi connectivity index (χ2v) is 9.49. The molecule has 0 saturated heterocycles. The molecule has 0 unspecified atom stereocenters. The third-order valence-electron chi connectivity index (χ3n) is 6.43. The van der Waals surface area contributed by atoms with Gasteiger partial charge in [-0.1, -0.05) is 88.3 Å². The van der Waals surface area contributed by atoms with Gasteiger partial charge >= 0.3 is 0 Å². The van der Waals surface area contributed by atoms with Crippen LogP contribution in [0.1, 0.15) is 95.1 Å². The molecule has 8 heteroatoms. The zero-order valence-corrected chi connectivity index (χ0v) is 22.6. The first-order chi connectivity index (χ1) is 18.5. The second kappa shape index (κ2) is 19.0. The number of allylic oxidation sites excluding steroid dienone is 2. The standard InChI is InChI=1S/C30H42N2O6/c1-2-3-4-5-6-7-8-9-10-11-12-13-14-23-30(37-24-26-19-15-17-21-28(26)31(33)34)38-25-27-20-16-18-22-29(27)32(35)36/h5-6,15-22,30H,2-4,7-14,23-25H2,1H3/b6-5-. The highest BCUT2D eigenvalue weighted by molar-refractivity contribution is 5.40. The van der Waals surface area contributed by atoms with Gasteiger partial charge in [-0.15, -0.1) is 0 Å². The molecule has 0 N–H and O–H groups in total. The maximum atomic E-state index is 11.3. The molecule has 0 aromatic heterocycles. The highest BCUT2D eigenvalue weighted by atomic mass is 16.7. The number of ether oxygens (including phenoxy) is 2. The van der Waals surface area contributed by atoms with Crippen molar-refractivity contribution in [3.05, 3.63) is 92.0 Å². The van der Waals surface area contributed by atoms with Gasteiger partial charge in [-0.05, 0) is 44.2 Å². The van der Waals surface area contributed by atoms with Crippen molar-refractivity contribution in [1.29, 1.82) is 0 Å². The van der Waals surface area contributed by atoms with Crippen LogP contribution in [0.15, 0.2) is 60.7 Å². The molecular formula is C30H42N2O6. The average molecular weight is 527 g/mol. The van der Waals surface area contributed by atoms with E-state index in [1.807, 2.05) is 0 Å². The van der Waals surface area contributed by atoms with E-state index < -0.39 is 16.1 Å². The third-order valence-corrected chi connectivity index (χ3v) is 6.43. The first-order valence-electron chi connectivity index (χ1n) is 13.9. The van der Waals surface area contributed by atoms with Gasteiger partial charge in [0.2, 0.25) is 0 Å². The number of hydrogen-bond acceptors (Lipinski definition) is 6. The lowest BCUT2D eigenvalue weighted by Crippen LogP contribution is -2.18. The highest BCUT2D eigenvalue weighted by Gasteiger charge is 2.18. The van der Waals surface area contributed by atoms with Crippen LogP contribution in [0.2, 0.25) is 0 Å². The molecule has 2 aromatic rings. The summed E-state index contributed by atoms with van der Waals surface area (Å²) in [6.07, 6.45) is 17.4. The summed E-state index contributed by atoms with van der Waals surface area (Å²) in [5, 5.41) is 22.7. The fraction of sp³-hybridized carbons (Fsp3) is 0.533. The van der Waals surface area contributed by atoms with Crippen molar-refractivity contribution in [3.63, 3.8) is 0 Å². The van der Waals surface area contributed by atoms with E-state index in [-0.39, 0.29) is 24.6 Å². The Kier molecular flexibility index (Phi) is 15.6. The van der Waals surface area contributed by atoms with Gasteiger partial charge in [0.15, 0.2) is 6.29 Å². The van der Waals surface area contributed by atoms with Crippen LogP contribution in [-0.2, 0) is 22.7 Å². The Hall–Kier alpha value is -3.10. The van der Waals surface area contributed by atoms with E-state index in [1.54, 1.807) is 36.4 Å². The Balaban J connectivity index is 1.79. The third kappa shape index (κ3) is 12.4. The van der Waals surface area contributed by atoms with Crippen LogP contribution in [0.4, 0.5) is 11.4 Å². The number of nitro groups is 2. The molecule has 0 aliphatic rings. The molecule has 0 spiro atoms. The molecule has 0 radical (unpaired) electrons. The van der Waals surface area contributed by atoms with Crippen molar-refractivity contribution in [2.45, 2.75) is 103 Å². The zero-order valence-electron chi connectivity index (χ0n) is 22.6. The van der Waals surface area contributed by atoms with E-state index in [1.165, 1.54) is 63.5 Å². The van der Waals surface area contributed by atoms with Crippen LogP contribution in [0.25, 0.3) is 0 Å². The van der Waals surface area contributed by atoms with Gasteiger partial charge in [0.25, 0.3) is 11.4 Å². The van der Waals surface area contributed by atoms with Gasteiger partial charge in [0.05, 0.1) is 34.2 Å². The molecule has 0 bridgehead atoms. The van der Waals surface area contributed by atoms with Crippen molar-refractivity contribution in [2.24, 2.45) is 0 Å². The van der Waals surface area contributed by atoms with E-state index >= 15 is 0 Å². The SMILES string of the molecule is CCCC/C=C\CCCCCCCCCC(OCc1ccccc1[N+](=O)[O-])OCc1ccccc1[N+](=O)[O-]. The summed E-state index contributed by atoms with van der Waals surface area (Å²) in [7, 11) is 0. The van der Waals surface area contributed by atoms with E-state index in [2.05, 4.69) is 19.1 Å². The molecule has 2 rings (SSSR count). The Morgan fingerprint density at radius 3 is 1.63 bits per heavy atom. The summed E-state index contributed by atoms with van der Waals surface area (Å²) < 4.78 is 11.9. The van der Waals surface area contributed by atoms with E-state index in [4.69, 9.17) is 9.47 Å². The monoisotopic (exact) mass is 526 g/mol. The molecule has 8 nitrogen and oxygen atoms in total. The van der Waals surface area contributed by atoms with Crippen molar-refractivity contribution >= 4 is 11.4 Å². The summed E-state index contributed by atoms with van der Waals surface area (Å²) in [5.74, 6) is 0.